The van der Waals surface area contributed by atoms with E-state index in [-0.39, 0.29) is 121 Å². The van der Waals surface area contributed by atoms with Gasteiger partial charge < -0.3 is 39.4 Å². The number of aromatic amines is 1. The molecule has 16 aliphatic rings. The molecule has 25 heteroatoms. The van der Waals surface area contributed by atoms with Gasteiger partial charge in [0.15, 0.2) is 17.3 Å². The number of aromatic nitrogens is 12. The molecule has 4 aromatic heterocycles. The Morgan fingerprint density at radius 2 is 0.752 bits per heavy atom. The Morgan fingerprint density at radius 3 is 1.03 bits per heavy atom. The summed E-state index contributed by atoms with van der Waals surface area (Å²) in [6, 6.07) is 0. The molecule has 16 fully saturated rings. The largest absolute Gasteiger partial charge is 0.393 e. The molecule has 16 saturated carbocycles. The number of hydrogen-bond donors (Lipinski definition) is 5. The molecule has 728 valence electrons. The van der Waals surface area contributed by atoms with Gasteiger partial charge in [0, 0.05) is 58.3 Å². The van der Waals surface area contributed by atoms with Crippen molar-refractivity contribution in [3.05, 3.63) is 47.6 Å². The van der Waals surface area contributed by atoms with E-state index in [0.717, 1.165) is 183 Å². The maximum Gasteiger partial charge on any atom is 0.159 e. The lowest BCUT2D eigenvalue weighted by Crippen LogP contribution is -2.57. The van der Waals surface area contributed by atoms with Crippen LogP contribution in [0.2, 0.25) is 0 Å². The van der Waals surface area contributed by atoms with Crippen LogP contribution in [0.25, 0.3) is 0 Å². The van der Waals surface area contributed by atoms with Gasteiger partial charge >= 0.3 is 0 Å². The summed E-state index contributed by atoms with van der Waals surface area (Å²) in [6.07, 6.45) is 46.8. The van der Waals surface area contributed by atoms with Crippen LogP contribution < -0.4 is 0 Å². The number of aliphatic hydroxyl groups excluding tert-OH is 4. The smallest absolute Gasteiger partial charge is 0.159 e. The lowest BCUT2D eigenvalue weighted by atomic mass is 9.44. The van der Waals surface area contributed by atoms with Crippen molar-refractivity contribution >= 4 is 39.1 Å². The van der Waals surface area contributed by atoms with Crippen LogP contribution in [0.5, 0.6) is 0 Å². The van der Waals surface area contributed by atoms with E-state index < -0.39 is 0 Å². The number of carbonyl (C=O) groups is 4. The van der Waals surface area contributed by atoms with E-state index >= 15 is 0 Å². The first-order valence-electron chi connectivity index (χ1n) is 49.7. The average Bonchev–Trinajstić information content (AvgIpc) is 1.66. The Labute approximate surface area is 783 Å². The predicted octanol–water partition coefficient (Wildman–Crippen LogP) is 18.7. The third kappa shape index (κ3) is 19.1. The topological polar surface area (TPSA) is 320 Å². The van der Waals surface area contributed by atoms with Crippen molar-refractivity contribution in [2.75, 3.05) is 60.2 Å². The first-order chi connectivity index (χ1) is 60.0. The number of Topliss-reactive ketones (excluding diaryl/α,β-unsaturated/α-hetero) is 4. The zero-order valence-corrected chi connectivity index (χ0v) is 79.7. The highest BCUT2D eigenvalue weighted by Gasteiger charge is 2.68. The summed E-state index contributed by atoms with van der Waals surface area (Å²) in [5.41, 5.74) is 5.13. The summed E-state index contributed by atoms with van der Waals surface area (Å²) in [5.74, 6) is 12.8. The number of H-pyrrole nitrogens is 1. The average molecular weight is 1860 g/mol. The van der Waals surface area contributed by atoms with Crippen molar-refractivity contribution in [3.8, 4) is 0 Å². The quantitative estimate of drug-likeness (QED) is 0.0545. The predicted molar refractivity (Wildman–Crippen MR) is 506 cm³/mol. The standard InChI is InChI=1S/3C25H39N3O3.C22H35BrO3.C3H5N3.4CH4/c1-16-13-28(27-26-16)14-23(30)22-7-6-20-19-5-4-17-12-18(29)8-11-25(17,15-31-3)21(19)9-10-24(20,22)2;1-16-13-26-27-28(16)14-23(30)22-7-6-20-19-5-4-17-12-18(29)8-11-25(17,15-31-3)21(19)9-10-24(20,22)2;1-16-13-26-28(27-16)14-23(30)22-7-6-20-19-5-4-17-12-18(29)8-11-25(17,15-31-3)21(19)9-10-24(20,22)2;1-21-9-8-18-16(17(21)5-6-19(21)20(25)12-23)4-3-14-11-15(24)7-10-22(14,18)13-26-2;1-3-2-4-6-5-3;;;;/h3*13,17-22,29H,4-12,14-15H2,1-3H3;14-19,24H,3-13H2,1-2H3;2H,1H3,(H,4,5,6);4*1H4/t3*17-,18+,19-,20-,21-,22+,24-,25+;14-,15+,16-,17-,18-,19+,21-,22+;;;;;/m0000...../s1. The molecular formula is C104H173BrN12O12. The number of halogens is 1. The second-order valence-corrected chi connectivity index (χ2v) is 46.0. The Bertz CT molecular complexity index is 4180. The first kappa shape index (κ1) is 103. The Balaban J connectivity index is 0.000000151. The van der Waals surface area contributed by atoms with Gasteiger partial charge in [0.2, 0.25) is 0 Å². The van der Waals surface area contributed by atoms with Crippen molar-refractivity contribution in [2.45, 2.75) is 360 Å². The van der Waals surface area contributed by atoms with Gasteiger partial charge in [-0.05, 0) is 397 Å². The number of ether oxygens (including phenoxy) is 4. The van der Waals surface area contributed by atoms with Crippen LogP contribution in [-0.2, 0) is 57.8 Å². The fraction of sp³-hybridized carbons (Fsp3) is 0.885. The molecule has 0 aliphatic heterocycles. The van der Waals surface area contributed by atoms with Gasteiger partial charge in [0.1, 0.15) is 25.4 Å². The number of nitrogens with zero attached hydrogens (tertiary/aromatic N) is 11. The summed E-state index contributed by atoms with van der Waals surface area (Å²) >= 11 is 3.42. The molecule has 0 unspecified atom stereocenters. The monoisotopic (exact) mass is 1860 g/mol. The summed E-state index contributed by atoms with van der Waals surface area (Å²) in [6.45, 7) is 21.7. The Hall–Kier alpha value is -4.60. The van der Waals surface area contributed by atoms with Gasteiger partial charge in [-0.2, -0.15) is 30.4 Å². The molecule has 0 radical (unpaired) electrons. The molecule has 4 heterocycles. The van der Waals surface area contributed by atoms with Crippen LogP contribution in [0.15, 0.2) is 24.8 Å². The SMILES string of the molecule is C.C.C.C.COC[C@]12CC[C@@H](O)C[C@@H]1CC[C@H]1[C@@H]3CC[C@H](C(=O)CBr)[C@@]3(C)CC[C@@H]12.COC[C@]12CC[C@@H](O)C[C@@H]1CC[C@H]1[C@@H]3CC[C@H](C(=O)Cn4cc(C)nn4)[C@@]3(C)CC[C@@H]12.COC[C@]12CC[C@@H](O)C[C@@H]1CC[C@H]1[C@@H]3CC[C@H](C(=O)Cn4ncc(C)n4)[C@@]3(C)CC[C@@H]12.COC[C@]12CC[C@@H](O)C[C@@H]1CC[C@H]1[C@@H]3CC[C@H](C(=O)Cn4nncc4C)[C@@]3(C)CC[C@@H]12.Cc1cn[nH]n1. The molecule has 5 N–H and O–H groups in total. The number of nitrogens with one attached hydrogen (secondary N) is 1. The van der Waals surface area contributed by atoms with E-state index in [1.807, 2.05) is 62.3 Å². The van der Waals surface area contributed by atoms with Crippen LogP contribution in [0.3, 0.4) is 0 Å². The second-order valence-electron chi connectivity index (χ2n) is 45.4. The maximum absolute atomic E-state index is 13.4. The molecule has 16 aliphatic carbocycles. The van der Waals surface area contributed by atoms with E-state index in [1.54, 1.807) is 32.8 Å². The van der Waals surface area contributed by atoms with E-state index in [2.05, 4.69) is 89.9 Å². The van der Waals surface area contributed by atoms with Crippen LogP contribution >= 0.6 is 15.9 Å². The number of aliphatic hydroxyl groups is 4. The van der Waals surface area contributed by atoms with Gasteiger partial charge in [-0.3, -0.25) is 19.2 Å². The zero-order valence-electron chi connectivity index (χ0n) is 78.1. The highest BCUT2D eigenvalue weighted by Crippen LogP contribution is 2.73. The number of fused-ring (bicyclic) bond motifs is 20. The fourth-order valence-electron chi connectivity index (χ4n) is 35.0. The molecule has 0 spiro atoms. The van der Waals surface area contributed by atoms with E-state index in [1.165, 1.54) is 109 Å². The van der Waals surface area contributed by atoms with Crippen LogP contribution in [-0.4, -0.2) is 189 Å². The summed E-state index contributed by atoms with van der Waals surface area (Å²) < 4.78 is 26.8. The highest BCUT2D eigenvalue weighted by molar-refractivity contribution is 9.09. The number of aryl methyl sites for hydroxylation is 4. The number of methoxy groups -OCH3 is 4. The number of carbonyl (C=O) groups excluding carboxylic acids is 4. The van der Waals surface area contributed by atoms with Crippen molar-refractivity contribution in [1.29, 1.82) is 0 Å². The van der Waals surface area contributed by atoms with Gasteiger partial charge in [-0.15, -0.1) is 10.2 Å². The minimum atomic E-state index is -0.131. The molecule has 32 atom stereocenters. The van der Waals surface area contributed by atoms with Gasteiger partial charge in [-0.1, -0.05) is 83.8 Å². The minimum absolute atomic E-state index is 0. The summed E-state index contributed by atoms with van der Waals surface area (Å²) in [5, 5.41) is 76.3. The van der Waals surface area contributed by atoms with Crippen LogP contribution in [0.4, 0.5) is 0 Å². The molecule has 129 heavy (non-hydrogen) atoms. The lowest BCUT2D eigenvalue weighted by molar-refractivity contribution is -0.161. The maximum atomic E-state index is 13.4. The number of rotatable bonds is 19. The van der Waals surface area contributed by atoms with Crippen molar-refractivity contribution in [3.63, 3.8) is 0 Å². The molecule has 20 rings (SSSR count). The zero-order chi connectivity index (χ0) is 88.3. The van der Waals surface area contributed by atoms with Gasteiger partial charge in [0.25, 0.3) is 0 Å². The fourth-order valence-corrected chi connectivity index (χ4v) is 35.3. The molecule has 0 bridgehead atoms. The Morgan fingerprint density at radius 1 is 0.403 bits per heavy atom. The van der Waals surface area contributed by atoms with E-state index in [9.17, 15) is 39.6 Å². The van der Waals surface area contributed by atoms with E-state index in [0.29, 0.717) is 131 Å². The molecule has 4 aromatic rings. The number of ketones is 4. The molecular weight excluding hydrogens is 1690 g/mol. The lowest BCUT2D eigenvalue weighted by Gasteiger charge is -2.61. The Kier molecular flexibility index (Phi) is 33.8. The number of hydrogen-bond acceptors (Lipinski definition) is 20. The van der Waals surface area contributed by atoms with Gasteiger partial charge in [-0.25, -0.2) is 9.36 Å². The summed E-state index contributed by atoms with van der Waals surface area (Å²) in [4.78, 5) is 54.2. The van der Waals surface area contributed by atoms with Gasteiger partial charge in [0.05, 0.1) is 97.5 Å². The third-order valence-corrected chi connectivity index (χ3v) is 40.8. The van der Waals surface area contributed by atoms with Crippen LogP contribution in [0, 0.1) is 189 Å². The normalized spacial score (nSPS) is 42.6. The molecule has 0 aromatic carbocycles. The number of alkyl halides is 1. The minimum Gasteiger partial charge on any atom is -0.393 e. The van der Waals surface area contributed by atoms with E-state index in [4.69, 9.17) is 18.9 Å². The molecule has 0 amide bonds. The molecule has 0 saturated heterocycles. The first-order valence-corrected chi connectivity index (χ1v) is 50.9. The third-order valence-electron chi connectivity index (χ3n) is 40.3. The van der Waals surface area contributed by atoms with Crippen molar-refractivity contribution in [2.24, 2.45) is 162 Å². The van der Waals surface area contributed by atoms with Crippen LogP contribution in [0.1, 0.15) is 311 Å². The van der Waals surface area contributed by atoms with Crippen molar-refractivity contribution in [1.82, 2.24) is 60.4 Å². The second kappa shape index (κ2) is 42.2. The summed E-state index contributed by atoms with van der Waals surface area (Å²) in [7, 11) is 7.41. The van der Waals surface area contributed by atoms with Crippen molar-refractivity contribution < 1.29 is 58.6 Å². The molecule has 24 nitrogen and oxygen atoms in total. The highest BCUT2D eigenvalue weighted by atomic mass is 79.9.